The van der Waals surface area contributed by atoms with Crippen molar-refractivity contribution in [3.63, 3.8) is 0 Å². The molecule has 0 radical (unpaired) electrons. The lowest BCUT2D eigenvalue weighted by Crippen LogP contribution is -2.41. The van der Waals surface area contributed by atoms with Gasteiger partial charge >= 0.3 is 0 Å². The van der Waals surface area contributed by atoms with Crippen molar-refractivity contribution >= 4 is 46.4 Å². The van der Waals surface area contributed by atoms with Crippen LogP contribution in [0.2, 0.25) is 10.0 Å². The Bertz CT molecular complexity index is 910. The van der Waals surface area contributed by atoms with Gasteiger partial charge in [0.2, 0.25) is 5.91 Å². The summed E-state index contributed by atoms with van der Waals surface area (Å²) in [7, 11) is 0. The number of rotatable bonds is 4. The van der Waals surface area contributed by atoms with E-state index >= 15 is 0 Å². The van der Waals surface area contributed by atoms with Crippen LogP contribution in [-0.2, 0) is 4.79 Å². The Kier molecular flexibility index (Phi) is 6.16. The molecule has 28 heavy (non-hydrogen) atoms. The molecule has 1 heterocycles. The quantitative estimate of drug-likeness (QED) is 0.584. The molecule has 0 atom stereocenters. The Balaban J connectivity index is 1.57. The molecule has 1 fully saturated rings. The summed E-state index contributed by atoms with van der Waals surface area (Å²) < 4.78 is 0. The maximum Gasteiger partial charge on any atom is 0.269 e. The number of hydrogen-bond donors (Lipinski definition) is 1. The smallest absolute Gasteiger partial charge is 0.269 e. The summed E-state index contributed by atoms with van der Waals surface area (Å²) in [6, 6.07) is 10.5. The third kappa shape index (κ3) is 4.43. The number of carbonyl (C=O) groups excluding carboxylic acids is 2. The Morgan fingerprint density at radius 1 is 1.07 bits per heavy atom. The third-order valence-electron chi connectivity index (χ3n) is 4.69. The largest absolute Gasteiger partial charge is 0.339 e. The highest BCUT2D eigenvalue weighted by molar-refractivity contribution is 6.44. The predicted octanol–water partition coefficient (Wildman–Crippen LogP) is 4.39. The molecule has 2 amide bonds. The van der Waals surface area contributed by atoms with Crippen molar-refractivity contribution in [1.29, 1.82) is 0 Å². The summed E-state index contributed by atoms with van der Waals surface area (Å²) >= 11 is 12.1. The molecule has 0 bridgehead atoms. The van der Waals surface area contributed by atoms with Crippen LogP contribution in [0.4, 0.5) is 11.4 Å². The zero-order valence-electron chi connectivity index (χ0n) is 14.7. The fourth-order valence-corrected chi connectivity index (χ4v) is 3.44. The van der Waals surface area contributed by atoms with Gasteiger partial charge in [-0.1, -0.05) is 29.3 Å². The molecular formula is C19H17Cl2N3O4. The number of nitrogens with zero attached hydrogens (tertiary/aromatic N) is 2. The standard InChI is InChI=1S/C19H17Cl2N3O4/c20-15-2-1-3-16(17(15)21)22-18(25)12-8-10-23(11-9-12)19(26)13-4-6-14(7-5-13)24(27)28/h1-7,12H,8-11H2,(H,22,25). The summed E-state index contributed by atoms with van der Waals surface area (Å²) in [5.74, 6) is -0.603. The molecule has 1 N–H and O–H groups in total. The normalized spacial score (nSPS) is 14.6. The van der Waals surface area contributed by atoms with Gasteiger partial charge in [0.1, 0.15) is 0 Å². The van der Waals surface area contributed by atoms with Crippen LogP contribution in [0.25, 0.3) is 0 Å². The van der Waals surface area contributed by atoms with Gasteiger partial charge in [-0.25, -0.2) is 0 Å². The number of non-ortho nitro benzene ring substituents is 1. The fourth-order valence-electron chi connectivity index (χ4n) is 3.09. The zero-order valence-corrected chi connectivity index (χ0v) is 16.2. The van der Waals surface area contributed by atoms with Crippen LogP contribution in [0.1, 0.15) is 23.2 Å². The number of hydrogen-bond acceptors (Lipinski definition) is 4. The number of nitro groups is 1. The van der Waals surface area contributed by atoms with Gasteiger partial charge in [0.15, 0.2) is 0 Å². The van der Waals surface area contributed by atoms with Crippen LogP contribution in [0, 0.1) is 16.0 Å². The molecule has 2 aromatic carbocycles. The highest BCUT2D eigenvalue weighted by Gasteiger charge is 2.28. The van der Waals surface area contributed by atoms with Crippen LogP contribution in [-0.4, -0.2) is 34.7 Å². The van der Waals surface area contributed by atoms with Gasteiger partial charge in [0.25, 0.3) is 11.6 Å². The van der Waals surface area contributed by atoms with Gasteiger partial charge in [-0.2, -0.15) is 0 Å². The molecule has 9 heteroatoms. The van der Waals surface area contributed by atoms with E-state index in [-0.39, 0.29) is 23.4 Å². The SMILES string of the molecule is O=C(Nc1cccc(Cl)c1Cl)C1CCN(C(=O)c2ccc([N+](=O)[O-])cc2)CC1. The number of halogens is 2. The van der Waals surface area contributed by atoms with E-state index < -0.39 is 4.92 Å². The number of carbonyl (C=O) groups is 2. The summed E-state index contributed by atoms with van der Waals surface area (Å²) in [5.41, 5.74) is 0.786. The Morgan fingerprint density at radius 3 is 2.32 bits per heavy atom. The van der Waals surface area contributed by atoms with E-state index in [1.807, 2.05) is 0 Å². The lowest BCUT2D eigenvalue weighted by Gasteiger charge is -2.31. The third-order valence-corrected chi connectivity index (χ3v) is 5.51. The lowest BCUT2D eigenvalue weighted by atomic mass is 9.95. The van der Waals surface area contributed by atoms with Crippen molar-refractivity contribution in [2.24, 2.45) is 5.92 Å². The molecule has 1 saturated heterocycles. The van der Waals surface area contributed by atoms with Crippen molar-refractivity contribution in [2.45, 2.75) is 12.8 Å². The highest BCUT2D eigenvalue weighted by atomic mass is 35.5. The number of benzene rings is 2. The number of likely N-dealkylation sites (tertiary alicyclic amines) is 1. The average molecular weight is 422 g/mol. The number of anilines is 1. The minimum Gasteiger partial charge on any atom is -0.339 e. The molecule has 0 saturated carbocycles. The number of piperidine rings is 1. The second-order valence-electron chi connectivity index (χ2n) is 6.46. The predicted molar refractivity (Wildman–Crippen MR) is 107 cm³/mol. The van der Waals surface area contributed by atoms with Gasteiger partial charge in [-0.15, -0.1) is 0 Å². The van der Waals surface area contributed by atoms with Crippen molar-refractivity contribution in [1.82, 2.24) is 4.90 Å². The van der Waals surface area contributed by atoms with Crippen LogP contribution < -0.4 is 5.32 Å². The highest BCUT2D eigenvalue weighted by Crippen LogP contribution is 2.30. The van der Waals surface area contributed by atoms with Gasteiger partial charge in [0, 0.05) is 36.7 Å². The van der Waals surface area contributed by atoms with E-state index in [0.717, 1.165) is 0 Å². The zero-order chi connectivity index (χ0) is 20.3. The van der Waals surface area contributed by atoms with Crippen LogP contribution >= 0.6 is 23.2 Å². The summed E-state index contributed by atoms with van der Waals surface area (Å²) in [6.45, 7) is 0.856. The molecule has 0 aliphatic carbocycles. The molecule has 0 aromatic heterocycles. The number of amides is 2. The fraction of sp³-hybridized carbons (Fsp3) is 0.263. The Morgan fingerprint density at radius 2 is 1.71 bits per heavy atom. The van der Waals surface area contributed by atoms with Crippen molar-refractivity contribution in [3.05, 3.63) is 68.2 Å². The molecular weight excluding hydrogens is 405 g/mol. The lowest BCUT2D eigenvalue weighted by molar-refractivity contribution is -0.384. The molecule has 146 valence electrons. The average Bonchev–Trinajstić information content (AvgIpc) is 2.71. The first-order valence-corrected chi connectivity index (χ1v) is 9.41. The second kappa shape index (κ2) is 8.58. The minimum absolute atomic E-state index is 0.0633. The summed E-state index contributed by atoms with van der Waals surface area (Å²) in [5, 5.41) is 14.2. The molecule has 0 spiro atoms. The van der Waals surface area contributed by atoms with Crippen molar-refractivity contribution in [2.75, 3.05) is 18.4 Å². The summed E-state index contributed by atoms with van der Waals surface area (Å²) in [4.78, 5) is 36.9. The maximum atomic E-state index is 12.6. The van der Waals surface area contributed by atoms with E-state index in [1.54, 1.807) is 23.1 Å². The summed E-state index contributed by atoms with van der Waals surface area (Å²) in [6.07, 6.45) is 1.03. The van der Waals surface area contributed by atoms with Crippen molar-refractivity contribution < 1.29 is 14.5 Å². The van der Waals surface area contributed by atoms with Gasteiger partial charge < -0.3 is 10.2 Å². The van der Waals surface area contributed by atoms with Crippen molar-refractivity contribution in [3.8, 4) is 0 Å². The van der Waals surface area contributed by atoms with E-state index in [4.69, 9.17) is 23.2 Å². The van der Waals surface area contributed by atoms with Crippen LogP contribution in [0.15, 0.2) is 42.5 Å². The monoisotopic (exact) mass is 421 g/mol. The second-order valence-corrected chi connectivity index (χ2v) is 7.25. The van der Waals surface area contributed by atoms with Gasteiger partial charge in [-0.3, -0.25) is 19.7 Å². The first-order valence-electron chi connectivity index (χ1n) is 8.65. The van der Waals surface area contributed by atoms with E-state index in [0.29, 0.717) is 47.2 Å². The van der Waals surface area contributed by atoms with Crippen LogP contribution in [0.3, 0.4) is 0 Å². The number of nitrogens with one attached hydrogen (secondary N) is 1. The Hall–Kier alpha value is -2.64. The van der Waals surface area contributed by atoms with Gasteiger partial charge in [-0.05, 0) is 37.1 Å². The molecule has 2 aromatic rings. The van der Waals surface area contributed by atoms with E-state index in [2.05, 4.69) is 5.32 Å². The minimum atomic E-state index is -0.509. The first-order chi connectivity index (χ1) is 13.4. The molecule has 7 nitrogen and oxygen atoms in total. The molecule has 1 aliphatic rings. The molecule has 1 aliphatic heterocycles. The number of nitro benzene ring substituents is 1. The molecule has 0 unspecified atom stereocenters. The maximum absolute atomic E-state index is 12.6. The topological polar surface area (TPSA) is 92.6 Å². The van der Waals surface area contributed by atoms with Gasteiger partial charge in [0.05, 0.1) is 20.7 Å². The van der Waals surface area contributed by atoms with Crippen LogP contribution in [0.5, 0.6) is 0 Å². The Labute approximate surface area is 171 Å². The van der Waals surface area contributed by atoms with E-state index in [9.17, 15) is 19.7 Å². The first kappa shape index (κ1) is 20.1. The molecule has 3 rings (SSSR count). The van der Waals surface area contributed by atoms with E-state index in [1.165, 1.54) is 24.3 Å².